The van der Waals surface area contributed by atoms with Gasteiger partial charge in [0.1, 0.15) is 12.4 Å². The summed E-state index contributed by atoms with van der Waals surface area (Å²) in [5.74, 6) is 0.826. The molecule has 0 aromatic carbocycles. The Kier molecular flexibility index (Phi) is 2.66. The molecule has 0 radical (unpaired) electrons. The lowest BCUT2D eigenvalue weighted by molar-refractivity contribution is 0.358. The molecule has 2 heteroatoms. The Morgan fingerprint density at radius 1 is 1.73 bits per heavy atom. The van der Waals surface area contributed by atoms with E-state index in [4.69, 9.17) is 4.74 Å². The zero-order chi connectivity index (χ0) is 8.10. The van der Waals surface area contributed by atoms with Crippen molar-refractivity contribution in [2.24, 2.45) is 0 Å². The first-order valence-corrected chi connectivity index (χ1v) is 3.50. The molecule has 1 aromatic rings. The monoisotopic (exact) mass is 149 g/mol. The van der Waals surface area contributed by atoms with Crippen LogP contribution in [0.15, 0.2) is 31.0 Å². The summed E-state index contributed by atoms with van der Waals surface area (Å²) in [4.78, 5) is 4.07. The second-order valence-corrected chi connectivity index (χ2v) is 2.19. The normalized spacial score (nSPS) is 9.18. The van der Waals surface area contributed by atoms with Gasteiger partial charge in [-0.2, -0.15) is 0 Å². The van der Waals surface area contributed by atoms with Crippen LogP contribution in [0.4, 0.5) is 0 Å². The van der Waals surface area contributed by atoms with Crippen molar-refractivity contribution in [3.8, 4) is 5.75 Å². The van der Waals surface area contributed by atoms with Crippen LogP contribution in [-0.2, 0) is 0 Å². The molecular weight excluding hydrogens is 138 g/mol. The van der Waals surface area contributed by atoms with Gasteiger partial charge in [0.15, 0.2) is 0 Å². The van der Waals surface area contributed by atoms with Gasteiger partial charge in [-0.25, -0.2) is 0 Å². The van der Waals surface area contributed by atoms with E-state index in [1.807, 2.05) is 19.1 Å². The van der Waals surface area contributed by atoms with Crippen molar-refractivity contribution >= 4 is 0 Å². The fourth-order valence-electron chi connectivity index (χ4n) is 0.771. The quantitative estimate of drug-likeness (QED) is 0.613. The lowest BCUT2D eigenvalue weighted by Gasteiger charge is -2.03. The lowest BCUT2D eigenvalue weighted by atomic mass is 10.3. The lowest BCUT2D eigenvalue weighted by Crippen LogP contribution is -1.95. The van der Waals surface area contributed by atoms with Crippen LogP contribution in [-0.4, -0.2) is 11.6 Å². The number of aromatic nitrogens is 1. The van der Waals surface area contributed by atoms with Crippen molar-refractivity contribution in [1.82, 2.24) is 4.98 Å². The minimum absolute atomic E-state index is 0.534. The summed E-state index contributed by atoms with van der Waals surface area (Å²) in [5.41, 5.74) is 0.911. The predicted octanol–water partition coefficient (Wildman–Crippen LogP) is 1.95. The van der Waals surface area contributed by atoms with Gasteiger partial charge in [0, 0.05) is 6.20 Å². The first kappa shape index (κ1) is 7.79. The molecule has 0 aliphatic carbocycles. The Labute approximate surface area is 66.5 Å². The highest BCUT2D eigenvalue weighted by Gasteiger charge is 1.95. The largest absolute Gasteiger partial charge is 0.488 e. The van der Waals surface area contributed by atoms with Crippen LogP contribution in [0.3, 0.4) is 0 Å². The maximum Gasteiger partial charge on any atom is 0.140 e. The topological polar surface area (TPSA) is 22.1 Å². The number of hydrogen-bond acceptors (Lipinski definition) is 2. The molecule has 0 amide bonds. The molecule has 0 aliphatic rings. The zero-order valence-electron chi connectivity index (χ0n) is 6.58. The minimum atomic E-state index is 0.534. The molecule has 1 aromatic heterocycles. The van der Waals surface area contributed by atoms with Crippen molar-refractivity contribution in [2.75, 3.05) is 6.61 Å². The Morgan fingerprint density at radius 2 is 2.55 bits per heavy atom. The highest BCUT2D eigenvalue weighted by Crippen LogP contribution is 2.12. The Balaban J connectivity index is 2.69. The van der Waals surface area contributed by atoms with Crippen LogP contribution in [0.2, 0.25) is 0 Å². The molecule has 0 aliphatic heterocycles. The van der Waals surface area contributed by atoms with Crippen molar-refractivity contribution in [3.05, 3.63) is 36.7 Å². The molecule has 0 bridgehead atoms. The average Bonchev–Trinajstić information content (AvgIpc) is 2.03. The van der Waals surface area contributed by atoms with E-state index in [1.54, 1.807) is 12.3 Å². The average molecular weight is 149 g/mol. The molecular formula is C9H11NO. The van der Waals surface area contributed by atoms with E-state index in [0.717, 1.165) is 11.4 Å². The van der Waals surface area contributed by atoms with Gasteiger partial charge in [-0.15, -0.1) is 0 Å². The van der Waals surface area contributed by atoms with Gasteiger partial charge >= 0.3 is 0 Å². The molecule has 0 unspecified atom stereocenters. The number of nitrogens with zero attached hydrogens (tertiary/aromatic N) is 1. The summed E-state index contributed by atoms with van der Waals surface area (Å²) in [5, 5.41) is 0. The number of pyridine rings is 1. The molecule has 0 N–H and O–H groups in total. The van der Waals surface area contributed by atoms with E-state index in [-0.39, 0.29) is 0 Å². The summed E-state index contributed by atoms with van der Waals surface area (Å²) >= 11 is 0. The number of rotatable bonds is 3. The molecule has 11 heavy (non-hydrogen) atoms. The standard InChI is InChI=1S/C9H11NO/c1-3-7-11-9-5-4-6-10-8(9)2/h3-6H,1,7H2,2H3. The summed E-state index contributed by atoms with van der Waals surface area (Å²) in [6.07, 6.45) is 3.46. The third-order valence-electron chi connectivity index (χ3n) is 1.32. The van der Waals surface area contributed by atoms with Crippen LogP contribution in [0.5, 0.6) is 5.75 Å². The van der Waals surface area contributed by atoms with E-state index in [9.17, 15) is 0 Å². The first-order valence-electron chi connectivity index (χ1n) is 3.50. The van der Waals surface area contributed by atoms with Gasteiger partial charge in [0.05, 0.1) is 5.69 Å². The predicted molar refractivity (Wildman–Crippen MR) is 44.7 cm³/mol. The van der Waals surface area contributed by atoms with Crippen molar-refractivity contribution in [2.45, 2.75) is 6.92 Å². The van der Waals surface area contributed by atoms with Crippen molar-refractivity contribution in [1.29, 1.82) is 0 Å². The maximum atomic E-state index is 5.31. The smallest absolute Gasteiger partial charge is 0.140 e. The first-order chi connectivity index (χ1) is 5.34. The Bertz CT molecular complexity index is 245. The molecule has 1 heterocycles. The SMILES string of the molecule is C=CCOc1cccnc1C. The molecule has 0 atom stereocenters. The highest BCUT2D eigenvalue weighted by atomic mass is 16.5. The highest BCUT2D eigenvalue weighted by molar-refractivity contribution is 5.25. The molecule has 0 saturated heterocycles. The second kappa shape index (κ2) is 3.76. The van der Waals surface area contributed by atoms with Crippen LogP contribution in [0, 0.1) is 6.92 Å². The minimum Gasteiger partial charge on any atom is -0.488 e. The van der Waals surface area contributed by atoms with E-state index < -0.39 is 0 Å². The molecule has 0 fully saturated rings. The Morgan fingerprint density at radius 3 is 3.18 bits per heavy atom. The second-order valence-electron chi connectivity index (χ2n) is 2.19. The van der Waals surface area contributed by atoms with Gasteiger partial charge in [-0.05, 0) is 19.1 Å². The Hall–Kier alpha value is -1.31. The van der Waals surface area contributed by atoms with E-state index in [1.165, 1.54) is 0 Å². The van der Waals surface area contributed by atoms with Gasteiger partial charge in [-0.1, -0.05) is 12.7 Å². The van der Waals surface area contributed by atoms with Gasteiger partial charge in [0.2, 0.25) is 0 Å². The third kappa shape index (κ3) is 2.08. The molecule has 1 rings (SSSR count). The van der Waals surface area contributed by atoms with Gasteiger partial charge in [-0.3, -0.25) is 4.98 Å². The van der Waals surface area contributed by atoms with Crippen molar-refractivity contribution in [3.63, 3.8) is 0 Å². The molecule has 0 spiro atoms. The van der Waals surface area contributed by atoms with Gasteiger partial charge < -0.3 is 4.74 Å². The van der Waals surface area contributed by atoms with E-state index in [0.29, 0.717) is 6.61 Å². The van der Waals surface area contributed by atoms with Crippen LogP contribution in [0.25, 0.3) is 0 Å². The molecule has 2 nitrogen and oxygen atoms in total. The number of aryl methyl sites for hydroxylation is 1. The van der Waals surface area contributed by atoms with Crippen molar-refractivity contribution < 1.29 is 4.74 Å². The summed E-state index contributed by atoms with van der Waals surface area (Å²) in [6.45, 7) is 6.01. The molecule has 0 saturated carbocycles. The van der Waals surface area contributed by atoms with E-state index in [2.05, 4.69) is 11.6 Å². The number of hydrogen-bond donors (Lipinski definition) is 0. The van der Waals surface area contributed by atoms with Gasteiger partial charge in [0.25, 0.3) is 0 Å². The number of ether oxygens (including phenoxy) is 1. The third-order valence-corrected chi connectivity index (χ3v) is 1.32. The summed E-state index contributed by atoms with van der Waals surface area (Å²) in [7, 11) is 0. The summed E-state index contributed by atoms with van der Waals surface area (Å²) in [6, 6.07) is 3.75. The summed E-state index contributed by atoms with van der Waals surface area (Å²) < 4.78 is 5.31. The molecule has 58 valence electrons. The van der Waals surface area contributed by atoms with E-state index >= 15 is 0 Å². The fourth-order valence-corrected chi connectivity index (χ4v) is 0.771. The van der Waals surface area contributed by atoms with Crippen LogP contribution in [0.1, 0.15) is 5.69 Å². The zero-order valence-corrected chi connectivity index (χ0v) is 6.58. The van der Waals surface area contributed by atoms with Crippen LogP contribution < -0.4 is 4.74 Å². The maximum absolute atomic E-state index is 5.31. The van der Waals surface area contributed by atoms with Crippen LogP contribution >= 0.6 is 0 Å². The fraction of sp³-hybridized carbons (Fsp3) is 0.222.